The Bertz CT molecular complexity index is 1010. The third-order valence-electron chi connectivity index (χ3n) is 3.75. The molecule has 0 bridgehead atoms. The zero-order valence-corrected chi connectivity index (χ0v) is 14.8. The van der Waals surface area contributed by atoms with Crippen LogP contribution in [0.15, 0.2) is 46.1 Å². The second-order valence-corrected chi connectivity index (χ2v) is 6.26. The zero-order chi connectivity index (χ0) is 17.4. The Morgan fingerprint density at radius 1 is 1.40 bits per heavy atom. The SMILES string of the molecule is Cc1nc2ccccn2c1C(=O)N/N=C\c1cc(Br)c2c(c1)OCO2. The Hall–Kier alpha value is -2.87. The maximum absolute atomic E-state index is 12.4. The van der Waals surface area contributed by atoms with Crippen molar-refractivity contribution in [2.75, 3.05) is 6.79 Å². The average molecular weight is 401 g/mol. The largest absolute Gasteiger partial charge is 0.454 e. The molecule has 25 heavy (non-hydrogen) atoms. The first-order chi connectivity index (χ1) is 12.1. The predicted molar refractivity (Wildman–Crippen MR) is 95.3 cm³/mol. The number of hydrogen-bond donors (Lipinski definition) is 1. The van der Waals surface area contributed by atoms with Crippen LogP contribution in [0.25, 0.3) is 5.65 Å². The van der Waals surface area contributed by atoms with Crippen LogP contribution in [0, 0.1) is 6.92 Å². The number of aryl methyl sites for hydroxylation is 1. The van der Waals surface area contributed by atoms with Gasteiger partial charge >= 0.3 is 0 Å². The Morgan fingerprint density at radius 3 is 3.16 bits per heavy atom. The van der Waals surface area contributed by atoms with E-state index in [1.807, 2.05) is 24.3 Å². The maximum Gasteiger partial charge on any atom is 0.290 e. The van der Waals surface area contributed by atoms with Crippen molar-refractivity contribution in [2.24, 2.45) is 5.10 Å². The van der Waals surface area contributed by atoms with Crippen molar-refractivity contribution in [1.29, 1.82) is 0 Å². The molecule has 3 heterocycles. The minimum absolute atomic E-state index is 0.193. The number of amides is 1. The van der Waals surface area contributed by atoms with E-state index >= 15 is 0 Å². The summed E-state index contributed by atoms with van der Waals surface area (Å²) in [6.07, 6.45) is 3.34. The van der Waals surface area contributed by atoms with Gasteiger partial charge in [0.15, 0.2) is 11.5 Å². The summed E-state index contributed by atoms with van der Waals surface area (Å²) >= 11 is 3.42. The summed E-state index contributed by atoms with van der Waals surface area (Å²) in [6.45, 7) is 1.99. The highest BCUT2D eigenvalue weighted by Gasteiger charge is 2.18. The lowest BCUT2D eigenvalue weighted by atomic mass is 10.2. The first-order valence-corrected chi connectivity index (χ1v) is 8.29. The van der Waals surface area contributed by atoms with E-state index in [1.54, 1.807) is 29.8 Å². The third-order valence-corrected chi connectivity index (χ3v) is 4.34. The molecule has 8 heteroatoms. The number of benzene rings is 1. The predicted octanol–water partition coefficient (Wildman–Crippen LogP) is 2.90. The van der Waals surface area contributed by atoms with E-state index in [0.717, 1.165) is 10.0 Å². The van der Waals surface area contributed by atoms with Gasteiger partial charge in [-0.15, -0.1) is 0 Å². The highest BCUT2D eigenvalue weighted by atomic mass is 79.9. The van der Waals surface area contributed by atoms with Gasteiger partial charge in [0.2, 0.25) is 6.79 Å². The molecule has 4 rings (SSSR count). The zero-order valence-electron chi connectivity index (χ0n) is 13.2. The van der Waals surface area contributed by atoms with Crippen molar-refractivity contribution in [3.05, 3.63) is 58.0 Å². The summed E-state index contributed by atoms with van der Waals surface area (Å²) in [5.74, 6) is 0.981. The Balaban J connectivity index is 1.55. The third kappa shape index (κ3) is 2.85. The number of nitrogens with zero attached hydrogens (tertiary/aromatic N) is 3. The first kappa shape index (κ1) is 15.6. The van der Waals surface area contributed by atoms with Gasteiger partial charge < -0.3 is 9.47 Å². The summed E-state index contributed by atoms with van der Waals surface area (Å²) in [4.78, 5) is 16.8. The minimum atomic E-state index is -0.327. The fraction of sp³-hybridized carbons (Fsp3) is 0.118. The number of carbonyl (C=O) groups is 1. The molecule has 3 aromatic rings. The molecule has 0 saturated carbocycles. The molecule has 0 spiro atoms. The maximum atomic E-state index is 12.4. The number of aromatic nitrogens is 2. The van der Waals surface area contributed by atoms with Gasteiger partial charge in [-0.1, -0.05) is 6.07 Å². The molecule has 1 aliphatic rings. The second kappa shape index (κ2) is 6.21. The van der Waals surface area contributed by atoms with Crippen molar-refractivity contribution in [1.82, 2.24) is 14.8 Å². The standard InChI is InChI=1S/C17H13BrN4O3/c1-10-15(22-5-3-2-4-14(22)20-10)17(23)21-19-8-11-6-12(18)16-13(7-11)24-9-25-16/h2-8H,9H2,1H3,(H,21,23)/b19-8-. The molecule has 0 aliphatic carbocycles. The normalized spacial score (nSPS) is 12.9. The number of rotatable bonds is 3. The lowest BCUT2D eigenvalue weighted by molar-refractivity contribution is 0.0948. The monoisotopic (exact) mass is 400 g/mol. The average Bonchev–Trinajstić information content (AvgIpc) is 3.18. The number of hydrazone groups is 1. The number of ether oxygens (including phenoxy) is 2. The van der Waals surface area contributed by atoms with Crippen molar-refractivity contribution in [2.45, 2.75) is 6.92 Å². The number of fused-ring (bicyclic) bond motifs is 2. The number of carbonyl (C=O) groups excluding carboxylic acids is 1. The van der Waals surface area contributed by atoms with Crippen molar-refractivity contribution >= 4 is 33.7 Å². The Morgan fingerprint density at radius 2 is 2.28 bits per heavy atom. The van der Waals surface area contributed by atoms with Crippen LogP contribution in [0.1, 0.15) is 21.7 Å². The number of halogens is 1. The highest BCUT2D eigenvalue weighted by Crippen LogP contribution is 2.39. The van der Waals surface area contributed by atoms with E-state index < -0.39 is 0 Å². The van der Waals surface area contributed by atoms with Gasteiger partial charge in [-0.25, -0.2) is 10.4 Å². The molecule has 1 N–H and O–H groups in total. The number of nitrogens with one attached hydrogen (secondary N) is 1. The van der Waals surface area contributed by atoms with Crippen LogP contribution >= 0.6 is 15.9 Å². The molecular formula is C17H13BrN4O3. The summed E-state index contributed by atoms with van der Waals surface area (Å²) in [5.41, 5.74) is 5.12. The molecule has 1 aliphatic heterocycles. The van der Waals surface area contributed by atoms with Gasteiger partial charge in [-0.05, 0) is 52.7 Å². The molecule has 2 aromatic heterocycles. The van der Waals surface area contributed by atoms with E-state index in [-0.39, 0.29) is 12.7 Å². The molecule has 0 saturated heterocycles. The Kier molecular flexibility index (Phi) is 3.89. The molecule has 1 amide bonds. The van der Waals surface area contributed by atoms with E-state index in [0.29, 0.717) is 28.5 Å². The molecule has 0 unspecified atom stereocenters. The summed E-state index contributed by atoms with van der Waals surface area (Å²) < 4.78 is 13.2. The number of hydrogen-bond acceptors (Lipinski definition) is 5. The van der Waals surface area contributed by atoms with Crippen LogP contribution < -0.4 is 14.9 Å². The molecule has 0 fully saturated rings. The lowest BCUT2D eigenvalue weighted by Crippen LogP contribution is -2.20. The minimum Gasteiger partial charge on any atom is -0.454 e. The van der Waals surface area contributed by atoms with Crippen LogP contribution in [0.5, 0.6) is 11.5 Å². The van der Waals surface area contributed by atoms with Gasteiger partial charge in [-0.2, -0.15) is 5.10 Å². The van der Waals surface area contributed by atoms with Crippen molar-refractivity contribution in [3.63, 3.8) is 0 Å². The van der Waals surface area contributed by atoms with E-state index in [9.17, 15) is 4.79 Å². The number of pyridine rings is 1. The Labute approximate surface area is 151 Å². The second-order valence-electron chi connectivity index (χ2n) is 5.41. The number of imidazole rings is 1. The topological polar surface area (TPSA) is 77.2 Å². The smallest absolute Gasteiger partial charge is 0.290 e. The fourth-order valence-electron chi connectivity index (χ4n) is 2.67. The summed E-state index contributed by atoms with van der Waals surface area (Å²) in [5, 5.41) is 4.03. The first-order valence-electron chi connectivity index (χ1n) is 7.50. The van der Waals surface area contributed by atoms with Gasteiger partial charge in [0, 0.05) is 6.20 Å². The van der Waals surface area contributed by atoms with E-state index in [4.69, 9.17) is 9.47 Å². The molecule has 0 atom stereocenters. The van der Waals surface area contributed by atoms with Crippen LogP contribution in [-0.4, -0.2) is 28.3 Å². The van der Waals surface area contributed by atoms with Gasteiger partial charge in [0.1, 0.15) is 11.3 Å². The van der Waals surface area contributed by atoms with Crippen LogP contribution in [0.2, 0.25) is 0 Å². The lowest BCUT2D eigenvalue weighted by Gasteiger charge is -2.02. The van der Waals surface area contributed by atoms with Crippen molar-refractivity contribution in [3.8, 4) is 11.5 Å². The van der Waals surface area contributed by atoms with Crippen LogP contribution in [-0.2, 0) is 0 Å². The molecule has 1 aromatic carbocycles. The molecule has 0 radical (unpaired) electrons. The quantitative estimate of drug-likeness (QED) is 0.541. The van der Waals surface area contributed by atoms with Gasteiger partial charge in [0.05, 0.1) is 16.4 Å². The fourth-order valence-corrected chi connectivity index (χ4v) is 3.24. The molecule has 7 nitrogen and oxygen atoms in total. The van der Waals surface area contributed by atoms with Crippen molar-refractivity contribution < 1.29 is 14.3 Å². The van der Waals surface area contributed by atoms with Crippen LogP contribution in [0.3, 0.4) is 0 Å². The molecular weight excluding hydrogens is 388 g/mol. The summed E-state index contributed by atoms with van der Waals surface area (Å²) in [6, 6.07) is 9.19. The van der Waals surface area contributed by atoms with Gasteiger partial charge in [-0.3, -0.25) is 9.20 Å². The van der Waals surface area contributed by atoms with Crippen LogP contribution in [0.4, 0.5) is 0 Å². The molecule has 126 valence electrons. The highest BCUT2D eigenvalue weighted by molar-refractivity contribution is 9.10. The van der Waals surface area contributed by atoms with E-state index in [1.165, 1.54) is 0 Å². The van der Waals surface area contributed by atoms with E-state index in [2.05, 4.69) is 31.4 Å². The van der Waals surface area contributed by atoms with Gasteiger partial charge in [0.25, 0.3) is 5.91 Å². The summed E-state index contributed by atoms with van der Waals surface area (Å²) in [7, 11) is 0.